The summed E-state index contributed by atoms with van der Waals surface area (Å²) in [5, 5.41) is 8.35. The van der Waals surface area contributed by atoms with Crippen LogP contribution in [-0.2, 0) is 4.79 Å². The first-order chi connectivity index (χ1) is 13.0. The number of hydrogen-bond donors (Lipinski definition) is 2. The van der Waals surface area contributed by atoms with Crippen LogP contribution in [0, 0.1) is 0 Å². The lowest BCUT2D eigenvalue weighted by atomic mass is 10.0. The van der Waals surface area contributed by atoms with Gasteiger partial charge in [-0.05, 0) is 19.8 Å². The van der Waals surface area contributed by atoms with E-state index in [0.29, 0.717) is 12.5 Å². The summed E-state index contributed by atoms with van der Waals surface area (Å²) in [6.45, 7) is 6.58. The molecule has 0 spiro atoms. The number of carboxylic acids is 1. The number of carbonyl (C=O) groups is 1. The molecule has 3 heteroatoms. The van der Waals surface area contributed by atoms with Gasteiger partial charge in [-0.15, -0.1) is 0 Å². The van der Waals surface area contributed by atoms with E-state index in [-0.39, 0.29) is 0 Å². The van der Waals surface area contributed by atoms with E-state index in [0.717, 1.165) is 12.8 Å². The van der Waals surface area contributed by atoms with Gasteiger partial charge in [-0.1, -0.05) is 117 Å². The smallest absolute Gasteiger partial charge is 0.303 e. The Morgan fingerprint density at radius 2 is 1.00 bits per heavy atom. The van der Waals surface area contributed by atoms with Crippen LogP contribution < -0.4 is 5.73 Å². The number of hydrogen-bond acceptors (Lipinski definition) is 2. The molecule has 0 heterocycles. The highest BCUT2D eigenvalue weighted by molar-refractivity contribution is 5.66. The molecule has 164 valence electrons. The van der Waals surface area contributed by atoms with Crippen LogP contribution in [0.2, 0.25) is 0 Å². The molecular formula is C24H51NO2. The Morgan fingerprint density at radius 3 is 1.33 bits per heavy atom. The molecule has 0 bridgehead atoms. The van der Waals surface area contributed by atoms with Crippen molar-refractivity contribution >= 4 is 5.97 Å². The van der Waals surface area contributed by atoms with Gasteiger partial charge in [0.1, 0.15) is 0 Å². The van der Waals surface area contributed by atoms with Gasteiger partial charge in [0.25, 0.3) is 0 Å². The van der Waals surface area contributed by atoms with E-state index in [2.05, 4.69) is 20.8 Å². The number of aliphatic carboxylic acids is 1. The molecule has 0 aliphatic rings. The number of unbranched alkanes of at least 4 members (excludes halogenated alkanes) is 15. The van der Waals surface area contributed by atoms with Gasteiger partial charge in [-0.25, -0.2) is 0 Å². The standard InChI is InChI=1S/C14H31N.C10H20O2/c1-3-4-5-6-7-8-9-10-11-12-13-14(2)15;1-2-3-4-5-6-7-8-9-10(11)12/h14H,3-13,15H2,1-2H3;2-9H2,1H3,(H,11,12). The summed E-state index contributed by atoms with van der Waals surface area (Å²) in [5.41, 5.74) is 5.70. The van der Waals surface area contributed by atoms with Crippen molar-refractivity contribution in [2.75, 3.05) is 0 Å². The maximum absolute atomic E-state index is 10.1. The highest BCUT2D eigenvalue weighted by atomic mass is 16.4. The Morgan fingerprint density at radius 1 is 0.667 bits per heavy atom. The third-order valence-electron chi connectivity index (χ3n) is 5.01. The lowest BCUT2D eigenvalue weighted by Crippen LogP contribution is -2.13. The highest BCUT2D eigenvalue weighted by Crippen LogP contribution is 2.11. The minimum absolute atomic E-state index is 0.341. The van der Waals surface area contributed by atoms with E-state index < -0.39 is 5.97 Å². The van der Waals surface area contributed by atoms with E-state index >= 15 is 0 Å². The van der Waals surface area contributed by atoms with Crippen LogP contribution in [0.5, 0.6) is 0 Å². The molecule has 1 atom stereocenters. The van der Waals surface area contributed by atoms with Crippen LogP contribution in [0.25, 0.3) is 0 Å². The van der Waals surface area contributed by atoms with Crippen molar-refractivity contribution in [1.82, 2.24) is 0 Å². The summed E-state index contributed by atoms with van der Waals surface area (Å²) in [6.07, 6.45) is 24.0. The molecule has 0 saturated carbocycles. The molecule has 0 amide bonds. The highest BCUT2D eigenvalue weighted by Gasteiger charge is 1.96. The van der Waals surface area contributed by atoms with Crippen molar-refractivity contribution in [3.05, 3.63) is 0 Å². The van der Waals surface area contributed by atoms with E-state index in [1.54, 1.807) is 0 Å². The first-order valence-electron chi connectivity index (χ1n) is 12.0. The van der Waals surface area contributed by atoms with Gasteiger partial charge in [0.05, 0.1) is 0 Å². The number of nitrogens with two attached hydrogens (primary N) is 1. The van der Waals surface area contributed by atoms with Crippen molar-refractivity contribution in [1.29, 1.82) is 0 Å². The van der Waals surface area contributed by atoms with Crippen molar-refractivity contribution in [2.24, 2.45) is 5.73 Å². The second kappa shape index (κ2) is 25.4. The van der Waals surface area contributed by atoms with Crippen LogP contribution in [0.15, 0.2) is 0 Å². The fourth-order valence-corrected chi connectivity index (χ4v) is 3.19. The molecule has 0 aliphatic heterocycles. The SMILES string of the molecule is CCCCCCCCCC(=O)O.CCCCCCCCCCCCC(C)N. The summed E-state index contributed by atoms with van der Waals surface area (Å²) in [6, 6.07) is 0.402. The Labute approximate surface area is 170 Å². The largest absolute Gasteiger partial charge is 0.481 e. The predicted octanol–water partition coefficient (Wildman–Crippen LogP) is 7.86. The average molecular weight is 386 g/mol. The van der Waals surface area contributed by atoms with Crippen molar-refractivity contribution in [3.8, 4) is 0 Å². The molecule has 3 N–H and O–H groups in total. The Hall–Kier alpha value is -0.570. The van der Waals surface area contributed by atoms with Crippen LogP contribution in [-0.4, -0.2) is 17.1 Å². The first kappa shape index (κ1) is 28.6. The summed E-state index contributed by atoms with van der Waals surface area (Å²) >= 11 is 0. The van der Waals surface area contributed by atoms with Crippen LogP contribution >= 0.6 is 0 Å². The maximum Gasteiger partial charge on any atom is 0.303 e. The van der Waals surface area contributed by atoms with Gasteiger partial charge >= 0.3 is 5.97 Å². The molecule has 1 unspecified atom stereocenters. The summed E-state index contributed by atoms with van der Waals surface area (Å²) in [5.74, 6) is -0.663. The monoisotopic (exact) mass is 385 g/mol. The molecule has 0 aromatic heterocycles. The normalized spacial score (nSPS) is 11.7. The zero-order valence-electron chi connectivity index (χ0n) is 18.9. The predicted molar refractivity (Wildman–Crippen MR) is 120 cm³/mol. The Bertz CT molecular complexity index is 280. The second-order valence-electron chi connectivity index (χ2n) is 8.21. The molecule has 27 heavy (non-hydrogen) atoms. The van der Waals surface area contributed by atoms with Gasteiger partial charge in [0.2, 0.25) is 0 Å². The second-order valence-corrected chi connectivity index (χ2v) is 8.21. The van der Waals surface area contributed by atoms with Gasteiger partial charge < -0.3 is 10.8 Å². The topological polar surface area (TPSA) is 63.3 Å². The van der Waals surface area contributed by atoms with Crippen molar-refractivity contribution in [2.45, 2.75) is 149 Å². The number of rotatable bonds is 19. The summed E-state index contributed by atoms with van der Waals surface area (Å²) < 4.78 is 0. The summed E-state index contributed by atoms with van der Waals surface area (Å²) in [7, 11) is 0. The molecule has 0 aromatic rings. The molecule has 0 aliphatic carbocycles. The molecule has 0 radical (unpaired) electrons. The van der Waals surface area contributed by atoms with Crippen LogP contribution in [0.1, 0.15) is 143 Å². The van der Waals surface area contributed by atoms with E-state index in [1.165, 1.54) is 103 Å². The Balaban J connectivity index is 0. The third kappa shape index (κ3) is 33.4. The van der Waals surface area contributed by atoms with Gasteiger partial charge in [0, 0.05) is 12.5 Å². The fraction of sp³-hybridized carbons (Fsp3) is 0.958. The molecule has 3 nitrogen and oxygen atoms in total. The van der Waals surface area contributed by atoms with E-state index in [1.807, 2.05) is 0 Å². The first-order valence-corrected chi connectivity index (χ1v) is 12.0. The van der Waals surface area contributed by atoms with E-state index in [4.69, 9.17) is 10.8 Å². The molecule has 0 rings (SSSR count). The van der Waals surface area contributed by atoms with Crippen molar-refractivity contribution in [3.63, 3.8) is 0 Å². The van der Waals surface area contributed by atoms with Crippen molar-refractivity contribution < 1.29 is 9.90 Å². The third-order valence-corrected chi connectivity index (χ3v) is 5.01. The Kier molecular flexibility index (Phi) is 27.0. The van der Waals surface area contributed by atoms with Gasteiger partial charge in [-0.2, -0.15) is 0 Å². The zero-order valence-corrected chi connectivity index (χ0v) is 18.9. The lowest BCUT2D eigenvalue weighted by Gasteiger charge is -2.04. The molecule has 0 aromatic carbocycles. The average Bonchev–Trinajstić information content (AvgIpc) is 2.62. The minimum atomic E-state index is -0.663. The quantitative estimate of drug-likeness (QED) is 0.222. The zero-order chi connectivity index (χ0) is 20.6. The maximum atomic E-state index is 10.1. The summed E-state index contributed by atoms with van der Waals surface area (Å²) in [4.78, 5) is 10.1. The fourth-order valence-electron chi connectivity index (χ4n) is 3.19. The van der Waals surface area contributed by atoms with Gasteiger partial charge in [0.15, 0.2) is 0 Å². The van der Waals surface area contributed by atoms with E-state index in [9.17, 15) is 4.79 Å². The lowest BCUT2D eigenvalue weighted by molar-refractivity contribution is -0.137. The van der Waals surface area contributed by atoms with Crippen LogP contribution in [0.4, 0.5) is 0 Å². The number of carboxylic acid groups (broad SMARTS) is 1. The minimum Gasteiger partial charge on any atom is -0.481 e. The molecule has 0 saturated heterocycles. The molecule has 0 fully saturated rings. The van der Waals surface area contributed by atoms with Gasteiger partial charge in [-0.3, -0.25) is 4.79 Å². The van der Waals surface area contributed by atoms with Crippen LogP contribution in [0.3, 0.4) is 0 Å². The molecular weight excluding hydrogens is 334 g/mol.